The number of aliphatic hydroxyl groups is 1. The molecule has 1 aliphatic heterocycles. The number of fused-ring (bicyclic) bond motifs is 3. The smallest absolute Gasteiger partial charge is 0.143 e. The number of rotatable bonds is 3. The minimum atomic E-state index is 0. The van der Waals surface area contributed by atoms with Crippen LogP contribution in [-0.2, 0) is 7.05 Å². The fourth-order valence-electron chi connectivity index (χ4n) is 3.97. The molecule has 4 heterocycles. The monoisotopic (exact) mass is 471 g/mol. The van der Waals surface area contributed by atoms with Crippen molar-refractivity contribution < 1.29 is 16.1 Å². The Balaban J connectivity index is 0.000000331. The van der Waals surface area contributed by atoms with E-state index in [0.29, 0.717) is 0 Å². The third-order valence-corrected chi connectivity index (χ3v) is 6.07. The van der Waals surface area contributed by atoms with E-state index in [1.807, 2.05) is 42.7 Å². The Morgan fingerprint density at radius 2 is 1.64 bits per heavy atom. The Morgan fingerprint density at radius 3 is 2.27 bits per heavy atom. The number of aliphatic hydroxyl groups excluding tert-OH is 1. The molecule has 8 nitrogen and oxygen atoms in total. The van der Waals surface area contributed by atoms with Crippen LogP contribution in [0, 0.1) is 6.92 Å². The minimum absolute atomic E-state index is 0. The molecule has 4 aromatic rings. The number of pyridine rings is 2. The molecule has 9 heteroatoms. The van der Waals surface area contributed by atoms with Crippen LogP contribution in [-0.4, -0.2) is 74.8 Å². The van der Waals surface area contributed by atoms with Crippen molar-refractivity contribution in [2.45, 2.75) is 11.8 Å². The van der Waals surface area contributed by atoms with Crippen LogP contribution in [0.3, 0.4) is 0 Å². The second kappa shape index (κ2) is 12.0. The highest BCUT2D eigenvalue weighted by Gasteiger charge is 2.19. The Hall–Kier alpha value is -2.69. The molecule has 178 valence electrons. The molecule has 0 bridgehead atoms. The highest BCUT2D eigenvalue weighted by molar-refractivity contribution is 7.80. The first-order valence-corrected chi connectivity index (χ1v) is 11.0. The summed E-state index contributed by atoms with van der Waals surface area (Å²) in [6.45, 7) is 6.89. The number of aryl methyl sites for hydroxylation is 2. The largest absolute Gasteiger partial charge is 0.412 e. The Bertz CT molecular complexity index is 1140. The highest BCUT2D eigenvalue weighted by Crippen LogP contribution is 2.28. The number of thiol groups is 1. The van der Waals surface area contributed by atoms with Crippen LogP contribution in [0.1, 0.15) is 5.56 Å². The number of hydrogen-bond donors (Lipinski definition) is 2. The van der Waals surface area contributed by atoms with Gasteiger partial charge in [-0.2, -0.15) is 0 Å². The predicted octanol–water partition coefficient (Wildman–Crippen LogP) is 1.87. The number of anilines is 1. The van der Waals surface area contributed by atoms with Crippen molar-refractivity contribution in [1.82, 2.24) is 19.4 Å². The number of hydrogen-bond acceptors (Lipinski definition) is 6. The van der Waals surface area contributed by atoms with Gasteiger partial charge in [-0.3, -0.25) is 9.88 Å². The average molecular weight is 472 g/mol. The van der Waals surface area contributed by atoms with E-state index in [4.69, 9.17) is 10.1 Å². The molecule has 0 aliphatic carbocycles. The van der Waals surface area contributed by atoms with Gasteiger partial charge >= 0.3 is 0 Å². The second-order valence-electron chi connectivity index (χ2n) is 7.88. The fraction of sp³-hybridized carbons (Fsp3) is 0.333. The van der Waals surface area contributed by atoms with E-state index in [1.54, 1.807) is 0 Å². The zero-order valence-electron chi connectivity index (χ0n) is 19.1. The molecule has 5 rings (SSSR count). The molecule has 0 saturated carbocycles. The van der Waals surface area contributed by atoms with Gasteiger partial charge in [0.2, 0.25) is 0 Å². The summed E-state index contributed by atoms with van der Waals surface area (Å²) >= 11 is 4.13. The van der Waals surface area contributed by atoms with Gasteiger partial charge in [-0.1, -0.05) is 17.7 Å². The Labute approximate surface area is 199 Å². The lowest BCUT2D eigenvalue weighted by atomic mass is 10.2. The molecule has 1 aromatic carbocycles. The van der Waals surface area contributed by atoms with E-state index in [2.05, 4.69) is 58.1 Å². The Kier molecular flexibility index (Phi) is 9.63. The van der Waals surface area contributed by atoms with Crippen molar-refractivity contribution in [3.8, 4) is 0 Å². The standard InChI is InChI=1S/C17H21N5O.C7H8S.2H2O/c1-20-15-4-5-18-12-14(15)13-2-3-16(19-17(13)20)22-8-6-21(7-9-22)10-11-23;1-6-2-4-7(8)5-3-6;;/h2-5,12,23H,6-11H2,1H3;2-5,8H,1H3;2*1H2. The predicted molar refractivity (Wildman–Crippen MR) is 137 cm³/mol. The zero-order chi connectivity index (χ0) is 21.8. The molecule has 0 spiro atoms. The van der Waals surface area contributed by atoms with Crippen molar-refractivity contribution in [2.75, 3.05) is 44.2 Å². The van der Waals surface area contributed by atoms with Crippen LogP contribution < -0.4 is 4.90 Å². The van der Waals surface area contributed by atoms with Crippen molar-refractivity contribution in [3.05, 3.63) is 60.4 Å². The maximum Gasteiger partial charge on any atom is 0.143 e. The molecule has 0 radical (unpaired) electrons. The number of benzene rings is 1. The summed E-state index contributed by atoms with van der Waals surface area (Å²) in [6.07, 6.45) is 3.73. The SMILES string of the molecule is Cc1ccc(S)cc1.Cn1c2ccncc2c2ccc(N3CCN(CCO)CC3)nc21.O.O. The number of nitrogens with zero attached hydrogens (tertiary/aromatic N) is 5. The first kappa shape index (κ1) is 26.6. The molecular formula is C24H33N5O3S. The molecule has 33 heavy (non-hydrogen) atoms. The zero-order valence-corrected chi connectivity index (χ0v) is 20.0. The van der Waals surface area contributed by atoms with Crippen molar-refractivity contribution in [2.24, 2.45) is 7.05 Å². The quantitative estimate of drug-likeness (QED) is 0.442. The summed E-state index contributed by atoms with van der Waals surface area (Å²) in [7, 11) is 2.06. The first-order valence-electron chi connectivity index (χ1n) is 10.6. The van der Waals surface area contributed by atoms with E-state index in [9.17, 15) is 0 Å². The van der Waals surface area contributed by atoms with Crippen LogP contribution in [0.2, 0.25) is 0 Å². The van der Waals surface area contributed by atoms with Gasteiger partial charge in [0.1, 0.15) is 11.5 Å². The number of piperazine rings is 1. The van der Waals surface area contributed by atoms with E-state index in [0.717, 1.165) is 65.4 Å². The van der Waals surface area contributed by atoms with E-state index >= 15 is 0 Å². The topological polar surface area (TPSA) is 120 Å². The van der Waals surface area contributed by atoms with Gasteiger partial charge in [0.05, 0.1) is 12.1 Å². The minimum Gasteiger partial charge on any atom is -0.412 e. The number of aromatic nitrogens is 3. The van der Waals surface area contributed by atoms with Crippen molar-refractivity contribution >= 4 is 40.4 Å². The van der Waals surface area contributed by atoms with E-state index in [1.165, 1.54) is 5.56 Å². The van der Waals surface area contributed by atoms with E-state index < -0.39 is 0 Å². The van der Waals surface area contributed by atoms with Crippen LogP contribution in [0.15, 0.2) is 59.8 Å². The first-order chi connectivity index (χ1) is 15.1. The van der Waals surface area contributed by atoms with Gasteiger partial charge in [-0.25, -0.2) is 4.98 Å². The van der Waals surface area contributed by atoms with Gasteiger partial charge < -0.3 is 25.5 Å². The maximum atomic E-state index is 9.04. The Morgan fingerprint density at radius 1 is 0.939 bits per heavy atom. The van der Waals surface area contributed by atoms with Crippen molar-refractivity contribution in [3.63, 3.8) is 0 Å². The van der Waals surface area contributed by atoms with E-state index in [-0.39, 0.29) is 17.6 Å². The van der Waals surface area contributed by atoms with Crippen LogP contribution in [0.25, 0.3) is 21.9 Å². The lowest BCUT2D eigenvalue weighted by Crippen LogP contribution is -2.47. The van der Waals surface area contributed by atoms with Gasteiger partial charge in [0, 0.05) is 67.8 Å². The lowest BCUT2D eigenvalue weighted by Gasteiger charge is -2.35. The normalized spacial score (nSPS) is 13.8. The molecular weight excluding hydrogens is 438 g/mol. The summed E-state index contributed by atoms with van der Waals surface area (Å²) in [5.41, 5.74) is 3.44. The molecule has 3 aromatic heterocycles. The molecule has 0 unspecified atom stereocenters. The third kappa shape index (κ3) is 6.01. The summed E-state index contributed by atoms with van der Waals surface area (Å²) in [5.74, 6) is 1.03. The maximum absolute atomic E-state index is 9.04. The molecule has 1 saturated heterocycles. The lowest BCUT2D eigenvalue weighted by molar-refractivity contribution is 0.188. The summed E-state index contributed by atoms with van der Waals surface area (Å²) in [6, 6.07) is 14.4. The summed E-state index contributed by atoms with van der Waals surface area (Å²) in [5, 5.41) is 11.3. The molecule has 1 fully saturated rings. The molecule has 5 N–H and O–H groups in total. The van der Waals surface area contributed by atoms with Crippen LogP contribution in [0.5, 0.6) is 0 Å². The van der Waals surface area contributed by atoms with Crippen LogP contribution >= 0.6 is 12.6 Å². The average Bonchev–Trinajstić information content (AvgIpc) is 3.09. The molecule has 1 aliphatic rings. The highest BCUT2D eigenvalue weighted by atomic mass is 32.1. The molecule has 0 atom stereocenters. The molecule has 0 amide bonds. The third-order valence-electron chi connectivity index (χ3n) is 5.77. The fourth-order valence-corrected chi connectivity index (χ4v) is 4.12. The summed E-state index contributed by atoms with van der Waals surface area (Å²) < 4.78 is 2.14. The summed E-state index contributed by atoms with van der Waals surface area (Å²) in [4.78, 5) is 14.8. The van der Waals surface area contributed by atoms with Crippen LogP contribution in [0.4, 0.5) is 5.82 Å². The second-order valence-corrected chi connectivity index (χ2v) is 8.40. The number of β-amino-alcohol motifs (C(OH)–C–C–N with tert-alkyl or cyclic N) is 1. The van der Waals surface area contributed by atoms with Gasteiger partial charge in [-0.05, 0) is 37.3 Å². The van der Waals surface area contributed by atoms with Gasteiger partial charge in [0.15, 0.2) is 0 Å². The van der Waals surface area contributed by atoms with Gasteiger partial charge in [0.25, 0.3) is 0 Å². The van der Waals surface area contributed by atoms with Gasteiger partial charge in [-0.15, -0.1) is 12.6 Å². The van der Waals surface area contributed by atoms with Crippen molar-refractivity contribution in [1.29, 1.82) is 0 Å².